The molecule has 21 heavy (non-hydrogen) atoms. The number of hydrogen-bond donors (Lipinski definition) is 1. The lowest BCUT2D eigenvalue weighted by Crippen LogP contribution is -2.35. The van der Waals surface area contributed by atoms with E-state index in [1.54, 1.807) is 34.9 Å². The van der Waals surface area contributed by atoms with Crippen LogP contribution in [0.3, 0.4) is 0 Å². The lowest BCUT2D eigenvalue weighted by atomic mass is 10.1. The Morgan fingerprint density at radius 2 is 1.95 bits per heavy atom. The second-order valence-corrected chi connectivity index (χ2v) is 9.70. The van der Waals surface area contributed by atoms with Crippen LogP contribution in [0.15, 0.2) is 36.2 Å². The van der Waals surface area contributed by atoms with Crippen molar-refractivity contribution in [3.63, 3.8) is 0 Å². The molecule has 0 bridgehead atoms. The van der Waals surface area contributed by atoms with Gasteiger partial charge in [-0.05, 0) is 44.7 Å². The molecule has 1 aromatic heterocycles. The van der Waals surface area contributed by atoms with Crippen molar-refractivity contribution in [1.29, 1.82) is 0 Å². The van der Waals surface area contributed by atoms with E-state index in [4.69, 9.17) is 0 Å². The number of benzene rings is 1. The molecule has 3 nitrogen and oxygen atoms in total. The van der Waals surface area contributed by atoms with Gasteiger partial charge in [0.05, 0.1) is 0 Å². The van der Waals surface area contributed by atoms with Gasteiger partial charge in [0, 0.05) is 21.5 Å². The van der Waals surface area contributed by atoms with E-state index in [0.717, 1.165) is 19.7 Å². The molecule has 0 aliphatic carbocycles. The predicted octanol–water partition coefficient (Wildman–Crippen LogP) is 5.06. The standard InChI is InChI=1S/C14H18BrN3S3/c1-14(2,3)16-8-9-5-6-10(7-11(9)15)20-13-18-17-12(19-4)21-13/h5-7,16H,8H2,1-4H3. The van der Waals surface area contributed by atoms with Crippen molar-refractivity contribution >= 4 is 50.8 Å². The van der Waals surface area contributed by atoms with Crippen LogP contribution in [0, 0.1) is 0 Å². The van der Waals surface area contributed by atoms with Gasteiger partial charge in [0.15, 0.2) is 8.68 Å². The predicted molar refractivity (Wildman–Crippen MR) is 96.5 cm³/mol. The van der Waals surface area contributed by atoms with Crippen molar-refractivity contribution in [2.24, 2.45) is 0 Å². The minimum Gasteiger partial charge on any atom is -0.308 e. The highest BCUT2D eigenvalue weighted by molar-refractivity contribution is 9.10. The highest BCUT2D eigenvalue weighted by atomic mass is 79.9. The zero-order valence-electron chi connectivity index (χ0n) is 12.4. The van der Waals surface area contributed by atoms with Gasteiger partial charge in [-0.15, -0.1) is 10.2 Å². The zero-order valence-corrected chi connectivity index (χ0v) is 16.5. The summed E-state index contributed by atoms with van der Waals surface area (Å²) in [6.07, 6.45) is 2.02. The maximum Gasteiger partial charge on any atom is 0.179 e. The molecule has 0 amide bonds. The number of rotatable bonds is 5. The van der Waals surface area contributed by atoms with Crippen LogP contribution in [0.25, 0.3) is 0 Å². The number of aromatic nitrogens is 2. The molecule has 0 unspecified atom stereocenters. The third-order valence-corrected chi connectivity index (χ3v) is 6.28. The van der Waals surface area contributed by atoms with E-state index in [2.05, 4.69) is 70.4 Å². The van der Waals surface area contributed by atoms with E-state index in [0.29, 0.717) is 0 Å². The first-order valence-electron chi connectivity index (χ1n) is 6.46. The van der Waals surface area contributed by atoms with Gasteiger partial charge in [-0.2, -0.15) is 0 Å². The molecule has 1 heterocycles. The summed E-state index contributed by atoms with van der Waals surface area (Å²) in [5, 5.41) is 11.8. The molecule has 2 rings (SSSR count). The minimum absolute atomic E-state index is 0.119. The fourth-order valence-corrected chi connectivity index (χ4v) is 4.64. The van der Waals surface area contributed by atoms with Crippen molar-refractivity contribution in [3.05, 3.63) is 28.2 Å². The molecule has 0 saturated carbocycles. The van der Waals surface area contributed by atoms with Gasteiger partial charge in [-0.3, -0.25) is 0 Å². The van der Waals surface area contributed by atoms with E-state index in [1.807, 2.05) is 6.26 Å². The first-order chi connectivity index (χ1) is 9.87. The fraction of sp³-hybridized carbons (Fsp3) is 0.429. The van der Waals surface area contributed by atoms with Crippen LogP contribution in [-0.4, -0.2) is 22.0 Å². The van der Waals surface area contributed by atoms with Gasteiger partial charge in [0.2, 0.25) is 0 Å². The first kappa shape index (κ1) is 17.3. The summed E-state index contributed by atoms with van der Waals surface area (Å²) in [5.41, 5.74) is 1.38. The lowest BCUT2D eigenvalue weighted by molar-refractivity contribution is 0.424. The smallest absolute Gasteiger partial charge is 0.179 e. The summed E-state index contributed by atoms with van der Waals surface area (Å²) in [4.78, 5) is 1.17. The SMILES string of the molecule is CSc1nnc(Sc2ccc(CNC(C)(C)C)c(Br)c2)s1. The Morgan fingerprint density at radius 1 is 1.24 bits per heavy atom. The Hall–Kier alpha value is -0.0800. The molecule has 0 saturated heterocycles. The third-order valence-electron chi connectivity index (χ3n) is 2.60. The molecule has 0 radical (unpaired) electrons. The van der Waals surface area contributed by atoms with E-state index in [-0.39, 0.29) is 5.54 Å². The van der Waals surface area contributed by atoms with Gasteiger partial charge in [0.1, 0.15) is 0 Å². The maximum atomic E-state index is 4.19. The zero-order chi connectivity index (χ0) is 15.5. The molecule has 0 fully saturated rings. The summed E-state index contributed by atoms with van der Waals surface area (Å²) in [7, 11) is 0. The van der Waals surface area contributed by atoms with Crippen LogP contribution >= 0.6 is 50.8 Å². The largest absolute Gasteiger partial charge is 0.308 e. The molecule has 7 heteroatoms. The van der Waals surface area contributed by atoms with Crippen LogP contribution in [-0.2, 0) is 6.54 Å². The number of hydrogen-bond acceptors (Lipinski definition) is 6. The van der Waals surface area contributed by atoms with E-state index >= 15 is 0 Å². The molecule has 0 aliphatic heterocycles. The average Bonchev–Trinajstić information content (AvgIpc) is 2.84. The number of nitrogens with one attached hydrogen (secondary N) is 1. The van der Waals surface area contributed by atoms with E-state index in [9.17, 15) is 0 Å². The van der Waals surface area contributed by atoms with Crippen molar-refractivity contribution in [1.82, 2.24) is 15.5 Å². The van der Waals surface area contributed by atoms with Crippen molar-refractivity contribution in [3.8, 4) is 0 Å². The lowest BCUT2D eigenvalue weighted by Gasteiger charge is -2.21. The molecular formula is C14H18BrN3S3. The molecule has 2 aromatic rings. The Labute approximate surface area is 146 Å². The number of halogens is 1. The fourth-order valence-electron chi connectivity index (χ4n) is 1.52. The Bertz CT molecular complexity index is 608. The van der Waals surface area contributed by atoms with E-state index < -0.39 is 0 Å². The van der Waals surface area contributed by atoms with Gasteiger partial charge in [-0.25, -0.2) is 0 Å². The molecule has 1 aromatic carbocycles. The molecule has 0 atom stereocenters. The van der Waals surface area contributed by atoms with Crippen molar-refractivity contribution < 1.29 is 0 Å². The summed E-state index contributed by atoms with van der Waals surface area (Å²) < 4.78 is 3.10. The Morgan fingerprint density at radius 3 is 2.52 bits per heavy atom. The average molecular weight is 404 g/mol. The Kier molecular flexibility index (Phi) is 6.14. The molecule has 1 N–H and O–H groups in total. The molecule has 0 aliphatic rings. The van der Waals surface area contributed by atoms with Gasteiger partial charge >= 0.3 is 0 Å². The Balaban J connectivity index is 2.04. The summed E-state index contributed by atoms with van der Waals surface area (Å²) in [6, 6.07) is 6.43. The second-order valence-electron chi connectivity index (χ2n) is 5.50. The maximum absolute atomic E-state index is 4.19. The topological polar surface area (TPSA) is 37.8 Å². The molecule has 114 valence electrons. The molecular weight excluding hydrogens is 386 g/mol. The highest BCUT2D eigenvalue weighted by Gasteiger charge is 2.11. The first-order valence-corrected chi connectivity index (χ1v) is 10.1. The van der Waals surface area contributed by atoms with Crippen molar-refractivity contribution in [2.75, 3.05) is 6.26 Å². The van der Waals surface area contributed by atoms with Gasteiger partial charge < -0.3 is 5.32 Å². The van der Waals surface area contributed by atoms with Gasteiger partial charge in [-0.1, -0.05) is 56.9 Å². The monoisotopic (exact) mass is 403 g/mol. The van der Waals surface area contributed by atoms with Crippen LogP contribution in [0.5, 0.6) is 0 Å². The minimum atomic E-state index is 0.119. The van der Waals surface area contributed by atoms with E-state index in [1.165, 1.54) is 10.5 Å². The summed E-state index contributed by atoms with van der Waals surface area (Å²) in [6.45, 7) is 7.36. The third kappa shape index (κ3) is 5.56. The normalized spacial score (nSPS) is 11.9. The summed E-state index contributed by atoms with van der Waals surface area (Å²) in [5.74, 6) is 0. The highest BCUT2D eigenvalue weighted by Crippen LogP contribution is 2.34. The quantitative estimate of drug-likeness (QED) is 0.705. The van der Waals surface area contributed by atoms with Crippen LogP contribution in [0.1, 0.15) is 26.3 Å². The second kappa shape index (κ2) is 7.46. The summed E-state index contributed by atoms with van der Waals surface area (Å²) >= 11 is 8.56. The van der Waals surface area contributed by atoms with Crippen LogP contribution in [0.2, 0.25) is 0 Å². The van der Waals surface area contributed by atoms with Crippen LogP contribution < -0.4 is 5.32 Å². The van der Waals surface area contributed by atoms with Gasteiger partial charge in [0.25, 0.3) is 0 Å². The van der Waals surface area contributed by atoms with Crippen molar-refractivity contribution in [2.45, 2.75) is 46.4 Å². The van der Waals surface area contributed by atoms with Crippen LogP contribution in [0.4, 0.5) is 0 Å². The molecule has 0 spiro atoms. The number of nitrogens with zero attached hydrogens (tertiary/aromatic N) is 2. The number of thioether (sulfide) groups is 1.